The lowest BCUT2D eigenvalue weighted by molar-refractivity contribution is 0.0578. The van der Waals surface area contributed by atoms with E-state index in [-0.39, 0.29) is 0 Å². The zero-order chi connectivity index (χ0) is 14.4. The van der Waals surface area contributed by atoms with E-state index in [2.05, 4.69) is 35.9 Å². The molecule has 0 aromatic heterocycles. The van der Waals surface area contributed by atoms with Crippen LogP contribution in [-0.2, 0) is 0 Å². The molecule has 20 heavy (non-hydrogen) atoms. The third-order valence-electron chi connectivity index (χ3n) is 5.24. The van der Waals surface area contributed by atoms with Gasteiger partial charge in [-0.3, -0.25) is 9.80 Å². The lowest BCUT2D eigenvalue weighted by Crippen LogP contribution is -2.55. The smallest absolute Gasteiger partial charge is 0.0224 e. The van der Waals surface area contributed by atoms with Crippen molar-refractivity contribution >= 4 is 0 Å². The van der Waals surface area contributed by atoms with Gasteiger partial charge in [-0.1, -0.05) is 13.8 Å². The molecule has 0 aromatic rings. The summed E-state index contributed by atoms with van der Waals surface area (Å²) < 4.78 is 0. The fraction of sp³-hybridized carbons (Fsp3) is 1.00. The summed E-state index contributed by atoms with van der Waals surface area (Å²) in [6, 6.07) is 2.36. The van der Waals surface area contributed by atoms with Crippen LogP contribution in [0.4, 0.5) is 0 Å². The first-order valence-corrected chi connectivity index (χ1v) is 8.96. The van der Waals surface area contributed by atoms with Crippen LogP contribution in [0.3, 0.4) is 0 Å². The number of fused-ring (bicyclic) bond motifs is 1. The van der Waals surface area contributed by atoms with E-state index in [9.17, 15) is 0 Å². The standard InChI is InChI=1S/C17H35N3/c1-4-10-18-16(5-2)8-6-11-19-14-17-9-7-12-20(17)13-15(19)3/h15-18H,4-14H2,1-3H3. The molecular weight excluding hydrogens is 246 g/mol. The Bertz CT molecular complexity index is 269. The van der Waals surface area contributed by atoms with E-state index in [0.29, 0.717) is 0 Å². The maximum atomic E-state index is 3.68. The van der Waals surface area contributed by atoms with E-state index < -0.39 is 0 Å². The third kappa shape index (κ3) is 4.44. The third-order valence-corrected chi connectivity index (χ3v) is 5.24. The zero-order valence-corrected chi connectivity index (χ0v) is 13.9. The van der Waals surface area contributed by atoms with Gasteiger partial charge in [-0.05, 0) is 65.1 Å². The minimum Gasteiger partial charge on any atom is -0.314 e. The summed E-state index contributed by atoms with van der Waals surface area (Å²) in [6.45, 7) is 13.4. The van der Waals surface area contributed by atoms with Gasteiger partial charge in [0.1, 0.15) is 0 Å². The normalized spacial score (nSPS) is 29.6. The van der Waals surface area contributed by atoms with Crippen molar-refractivity contribution in [1.29, 1.82) is 0 Å². The second-order valence-electron chi connectivity index (χ2n) is 6.84. The Morgan fingerprint density at radius 2 is 2.10 bits per heavy atom. The molecule has 3 nitrogen and oxygen atoms in total. The number of rotatable bonds is 8. The van der Waals surface area contributed by atoms with Gasteiger partial charge in [0.15, 0.2) is 0 Å². The maximum Gasteiger partial charge on any atom is 0.0224 e. The van der Waals surface area contributed by atoms with Crippen molar-refractivity contribution in [3.05, 3.63) is 0 Å². The molecule has 0 aromatic carbocycles. The van der Waals surface area contributed by atoms with Gasteiger partial charge in [-0.15, -0.1) is 0 Å². The Balaban J connectivity index is 1.67. The van der Waals surface area contributed by atoms with Gasteiger partial charge in [0.2, 0.25) is 0 Å². The Morgan fingerprint density at radius 3 is 2.85 bits per heavy atom. The molecule has 2 rings (SSSR count). The molecule has 2 fully saturated rings. The highest BCUT2D eigenvalue weighted by Gasteiger charge is 2.33. The van der Waals surface area contributed by atoms with Gasteiger partial charge in [0.05, 0.1) is 0 Å². The average Bonchev–Trinajstić information content (AvgIpc) is 2.89. The molecule has 0 radical (unpaired) electrons. The number of nitrogens with zero attached hydrogens (tertiary/aromatic N) is 2. The zero-order valence-electron chi connectivity index (χ0n) is 13.9. The summed E-state index contributed by atoms with van der Waals surface area (Å²) in [4.78, 5) is 5.47. The molecule has 0 aliphatic carbocycles. The number of piperazine rings is 1. The van der Waals surface area contributed by atoms with Crippen molar-refractivity contribution in [2.45, 2.75) is 77.4 Å². The molecule has 3 unspecified atom stereocenters. The Kier molecular flexibility index (Phi) is 6.79. The highest BCUT2D eigenvalue weighted by atomic mass is 15.3. The SMILES string of the molecule is CCCNC(CC)CCCN1CC2CCCN2CC1C. The average molecular weight is 281 g/mol. The maximum absolute atomic E-state index is 3.68. The Morgan fingerprint density at radius 1 is 1.25 bits per heavy atom. The van der Waals surface area contributed by atoms with Crippen LogP contribution < -0.4 is 5.32 Å². The number of hydrogen-bond acceptors (Lipinski definition) is 3. The van der Waals surface area contributed by atoms with Crippen LogP contribution >= 0.6 is 0 Å². The second kappa shape index (κ2) is 8.35. The molecule has 0 saturated carbocycles. The van der Waals surface area contributed by atoms with Crippen molar-refractivity contribution in [3.8, 4) is 0 Å². The summed E-state index contributed by atoms with van der Waals surface area (Å²) >= 11 is 0. The highest BCUT2D eigenvalue weighted by molar-refractivity contribution is 4.90. The van der Waals surface area contributed by atoms with Crippen molar-refractivity contribution in [2.75, 3.05) is 32.7 Å². The van der Waals surface area contributed by atoms with Gasteiger partial charge in [-0.2, -0.15) is 0 Å². The molecule has 2 heterocycles. The quantitative estimate of drug-likeness (QED) is 0.738. The van der Waals surface area contributed by atoms with Gasteiger partial charge in [0, 0.05) is 31.2 Å². The number of hydrogen-bond donors (Lipinski definition) is 1. The first kappa shape index (κ1) is 16.3. The summed E-state index contributed by atoms with van der Waals surface area (Å²) in [5.41, 5.74) is 0. The van der Waals surface area contributed by atoms with Crippen LogP contribution in [0.15, 0.2) is 0 Å². The largest absolute Gasteiger partial charge is 0.314 e. The van der Waals surface area contributed by atoms with E-state index in [1.807, 2.05) is 0 Å². The summed E-state index contributed by atoms with van der Waals surface area (Å²) in [7, 11) is 0. The van der Waals surface area contributed by atoms with E-state index in [1.54, 1.807) is 0 Å². The fourth-order valence-electron chi connectivity index (χ4n) is 3.90. The molecule has 2 saturated heterocycles. The lowest BCUT2D eigenvalue weighted by atomic mass is 10.1. The summed E-state index contributed by atoms with van der Waals surface area (Å²) in [6.07, 6.45) is 8.06. The molecule has 3 atom stereocenters. The molecular formula is C17H35N3. The predicted molar refractivity (Wildman–Crippen MR) is 87.2 cm³/mol. The van der Waals surface area contributed by atoms with Crippen LogP contribution in [0.2, 0.25) is 0 Å². The first-order valence-electron chi connectivity index (χ1n) is 8.96. The van der Waals surface area contributed by atoms with Crippen molar-refractivity contribution in [3.63, 3.8) is 0 Å². The summed E-state index contributed by atoms with van der Waals surface area (Å²) in [5, 5.41) is 3.68. The molecule has 0 bridgehead atoms. The molecule has 0 spiro atoms. The van der Waals surface area contributed by atoms with E-state index >= 15 is 0 Å². The Hall–Kier alpha value is -0.120. The second-order valence-corrected chi connectivity index (χ2v) is 6.84. The van der Waals surface area contributed by atoms with Crippen LogP contribution in [0.25, 0.3) is 0 Å². The molecule has 2 aliphatic rings. The van der Waals surface area contributed by atoms with Gasteiger partial charge in [-0.25, -0.2) is 0 Å². The molecule has 3 heteroatoms. The predicted octanol–water partition coefficient (Wildman–Crippen LogP) is 2.71. The summed E-state index contributed by atoms with van der Waals surface area (Å²) in [5.74, 6) is 0. The lowest BCUT2D eigenvalue weighted by Gasteiger charge is -2.42. The van der Waals surface area contributed by atoms with Crippen molar-refractivity contribution in [2.24, 2.45) is 0 Å². The fourth-order valence-corrected chi connectivity index (χ4v) is 3.90. The monoisotopic (exact) mass is 281 g/mol. The minimum atomic E-state index is 0.734. The van der Waals surface area contributed by atoms with Crippen molar-refractivity contribution in [1.82, 2.24) is 15.1 Å². The first-order chi connectivity index (χ1) is 9.74. The molecule has 118 valence electrons. The van der Waals surface area contributed by atoms with Crippen LogP contribution in [0.1, 0.15) is 59.3 Å². The van der Waals surface area contributed by atoms with E-state index in [4.69, 9.17) is 0 Å². The molecule has 2 aliphatic heterocycles. The Labute approximate surface area is 126 Å². The van der Waals surface area contributed by atoms with Crippen LogP contribution in [0.5, 0.6) is 0 Å². The van der Waals surface area contributed by atoms with Gasteiger partial charge in [0.25, 0.3) is 0 Å². The highest BCUT2D eigenvalue weighted by Crippen LogP contribution is 2.24. The van der Waals surface area contributed by atoms with Gasteiger partial charge < -0.3 is 5.32 Å². The van der Waals surface area contributed by atoms with Crippen molar-refractivity contribution < 1.29 is 0 Å². The molecule has 0 amide bonds. The topological polar surface area (TPSA) is 18.5 Å². The van der Waals surface area contributed by atoms with E-state index in [0.717, 1.165) is 18.1 Å². The van der Waals surface area contributed by atoms with Gasteiger partial charge >= 0.3 is 0 Å². The van der Waals surface area contributed by atoms with E-state index in [1.165, 1.54) is 71.2 Å². The minimum absolute atomic E-state index is 0.734. The number of nitrogens with one attached hydrogen (secondary N) is 1. The molecule has 1 N–H and O–H groups in total. The van der Waals surface area contributed by atoms with Crippen LogP contribution in [0, 0.1) is 0 Å². The van der Waals surface area contributed by atoms with Crippen LogP contribution in [-0.4, -0.2) is 60.6 Å².